The van der Waals surface area contributed by atoms with Crippen molar-refractivity contribution < 1.29 is 22.6 Å². The van der Waals surface area contributed by atoms with E-state index in [9.17, 15) is 22.6 Å². The first-order valence-corrected chi connectivity index (χ1v) is 9.67. The van der Waals surface area contributed by atoms with Gasteiger partial charge in [0, 0.05) is 16.8 Å². The molecule has 4 rings (SSSR count). The number of para-hydroxylation sites is 1. The first-order valence-electron chi connectivity index (χ1n) is 8.23. The van der Waals surface area contributed by atoms with Gasteiger partial charge in [0.25, 0.3) is 10.1 Å². The van der Waals surface area contributed by atoms with E-state index in [-0.39, 0.29) is 27.9 Å². The lowest BCUT2D eigenvalue weighted by molar-refractivity contribution is 0.0980. The third kappa shape index (κ3) is 2.75. The van der Waals surface area contributed by atoms with Crippen molar-refractivity contribution in [1.82, 2.24) is 0 Å². The van der Waals surface area contributed by atoms with E-state index in [2.05, 4.69) is 5.32 Å². The van der Waals surface area contributed by atoms with Gasteiger partial charge < -0.3 is 11.1 Å². The number of carbonyl (C=O) groups is 2. The summed E-state index contributed by atoms with van der Waals surface area (Å²) < 4.78 is 33.2. The first-order chi connectivity index (χ1) is 13.3. The average molecular weight is 394 g/mol. The van der Waals surface area contributed by atoms with Crippen LogP contribution in [0, 0.1) is 0 Å². The maximum absolute atomic E-state index is 13.1. The second-order valence-corrected chi connectivity index (χ2v) is 7.65. The van der Waals surface area contributed by atoms with Gasteiger partial charge in [0.15, 0.2) is 11.6 Å². The number of benzene rings is 3. The maximum Gasteiger partial charge on any atom is 0.296 e. The van der Waals surface area contributed by atoms with Crippen LogP contribution in [0.2, 0.25) is 0 Å². The predicted octanol–water partition coefficient (Wildman–Crippen LogP) is 3.03. The van der Waals surface area contributed by atoms with Gasteiger partial charge in [0.2, 0.25) is 0 Å². The van der Waals surface area contributed by atoms with Gasteiger partial charge in [-0.25, -0.2) is 0 Å². The smallest absolute Gasteiger partial charge is 0.296 e. The molecule has 8 heteroatoms. The van der Waals surface area contributed by atoms with Crippen LogP contribution in [0.1, 0.15) is 31.8 Å². The minimum Gasteiger partial charge on any atom is -0.397 e. The summed E-state index contributed by atoms with van der Waals surface area (Å²) in [6.07, 6.45) is 0. The van der Waals surface area contributed by atoms with E-state index >= 15 is 0 Å². The van der Waals surface area contributed by atoms with Crippen molar-refractivity contribution in [3.63, 3.8) is 0 Å². The number of hydrogen-bond acceptors (Lipinski definition) is 6. The molecule has 3 aromatic rings. The SMILES string of the molecule is Nc1c(S(=O)(=O)O)cc(Nc2ccccc2)c2c1C(=O)c1ccccc1C2=O. The number of carbonyl (C=O) groups excluding carboxylic acids is 2. The monoisotopic (exact) mass is 394 g/mol. The summed E-state index contributed by atoms with van der Waals surface area (Å²) in [4.78, 5) is 25.5. The highest BCUT2D eigenvalue weighted by molar-refractivity contribution is 7.86. The molecule has 0 aromatic heterocycles. The molecule has 0 bridgehead atoms. The van der Waals surface area contributed by atoms with Gasteiger partial charge in [-0.2, -0.15) is 8.42 Å². The fourth-order valence-corrected chi connectivity index (χ4v) is 3.93. The normalized spacial score (nSPS) is 13.0. The Bertz CT molecular complexity index is 1250. The van der Waals surface area contributed by atoms with E-state index in [0.717, 1.165) is 6.07 Å². The molecule has 28 heavy (non-hydrogen) atoms. The van der Waals surface area contributed by atoms with Gasteiger partial charge in [-0.15, -0.1) is 0 Å². The van der Waals surface area contributed by atoms with Crippen LogP contribution in [0.15, 0.2) is 65.6 Å². The minimum atomic E-state index is -4.73. The van der Waals surface area contributed by atoms with Crippen LogP contribution in [0.5, 0.6) is 0 Å². The fourth-order valence-electron chi connectivity index (χ4n) is 3.28. The minimum absolute atomic E-state index is 0.0301. The van der Waals surface area contributed by atoms with Crippen molar-refractivity contribution >= 4 is 38.7 Å². The molecular weight excluding hydrogens is 380 g/mol. The Hall–Kier alpha value is -3.49. The van der Waals surface area contributed by atoms with Crippen LogP contribution in [0.25, 0.3) is 0 Å². The van der Waals surface area contributed by atoms with Gasteiger partial charge in [-0.05, 0) is 18.2 Å². The molecule has 0 atom stereocenters. The lowest BCUT2D eigenvalue weighted by atomic mass is 9.82. The van der Waals surface area contributed by atoms with Crippen molar-refractivity contribution in [2.45, 2.75) is 4.90 Å². The molecule has 0 spiro atoms. The molecule has 0 saturated carbocycles. The molecule has 0 heterocycles. The predicted molar refractivity (Wildman–Crippen MR) is 104 cm³/mol. The van der Waals surface area contributed by atoms with Crippen molar-refractivity contribution in [2.24, 2.45) is 0 Å². The van der Waals surface area contributed by atoms with Crippen LogP contribution in [0.4, 0.5) is 17.1 Å². The summed E-state index contributed by atoms with van der Waals surface area (Å²) in [6.45, 7) is 0. The van der Waals surface area contributed by atoms with Crippen LogP contribution >= 0.6 is 0 Å². The van der Waals surface area contributed by atoms with E-state index in [0.29, 0.717) is 5.69 Å². The molecule has 0 saturated heterocycles. The molecule has 0 amide bonds. The molecule has 0 radical (unpaired) electrons. The summed E-state index contributed by atoms with van der Waals surface area (Å²) in [5.41, 5.74) is 6.16. The summed E-state index contributed by atoms with van der Waals surface area (Å²) in [6, 6.07) is 16.0. The van der Waals surface area contributed by atoms with E-state index < -0.39 is 32.3 Å². The third-order valence-corrected chi connectivity index (χ3v) is 5.42. The van der Waals surface area contributed by atoms with Gasteiger partial charge in [-0.1, -0.05) is 42.5 Å². The van der Waals surface area contributed by atoms with E-state index in [1.807, 2.05) is 0 Å². The van der Waals surface area contributed by atoms with Crippen molar-refractivity contribution in [3.8, 4) is 0 Å². The topological polar surface area (TPSA) is 127 Å². The number of rotatable bonds is 3. The largest absolute Gasteiger partial charge is 0.397 e. The Morgan fingerprint density at radius 2 is 1.36 bits per heavy atom. The van der Waals surface area contributed by atoms with E-state index in [4.69, 9.17) is 5.73 Å². The zero-order valence-corrected chi connectivity index (χ0v) is 15.2. The summed E-state index contributed by atoms with van der Waals surface area (Å²) in [7, 11) is -4.73. The number of fused-ring (bicyclic) bond motifs is 2. The maximum atomic E-state index is 13.1. The molecular formula is C20H14N2O5S. The molecule has 3 aromatic carbocycles. The second kappa shape index (κ2) is 6.29. The Kier molecular flexibility index (Phi) is 4.02. The Labute approximate surface area is 160 Å². The summed E-state index contributed by atoms with van der Waals surface area (Å²) in [5, 5.41) is 2.95. The van der Waals surface area contributed by atoms with Crippen LogP contribution in [-0.4, -0.2) is 24.5 Å². The molecule has 1 aliphatic carbocycles. The van der Waals surface area contributed by atoms with Crippen molar-refractivity contribution in [3.05, 3.63) is 82.9 Å². The van der Waals surface area contributed by atoms with Crippen LogP contribution in [-0.2, 0) is 10.1 Å². The number of anilines is 3. The van der Waals surface area contributed by atoms with Gasteiger partial charge in [-0.3, -0.25) is 14.1 Å². The molecule has 4 N–H and O–H groups in total. The molecule has 1 aliphatic rings. The first kappa shape index (κ1) is 17.9. The van der Waals surface area contributed by atoms with E-state index in [1.165, 1.54) is 12.1 Å². The Balaban J connectivity index is 2.05. The van der Waals surface area contributed by atoms with Crippen LogP contribution < -0.4 is 11.1 Å². The second-order valence-electron chi connectivity index (χ2n) is 6.26. The van der Waals surface area contributed by atoms with E-state index in [1.54, 1.807) is 42.5 Å². The Morgan fingerprint density at radius 3 is 1.93 bits per heavy atom. The zero-order chi connectivity index (χ0) is 20.1. The standard InChI is InChI=1S/C20H14N2O5S/c21-18-15(28(25,26)27)10-14(22-11-6-2-1-3-7-11)16-17(18)20(24)13-9-5-4-8-12(13)19(16)23/h1-10,22H,21H2,(H,25,26,27). The van der Waals surface area contributed by atoms with Gasteiger partial charge in [0.05, 0.1) is 22.5 Å². The molecule has 0 unspecified atom stereocenters. The lowest BCUT2D eigenvalue weighted by Crippen LogP contribution is -2.25. The number of nitrogens with two attached hydrogens (primary N) is 1. The van der Waals surface area contributed by atoms with Crippen molar-refractivity contribution in [1.29, 1.82) is 0 Å². The highest BCUT2D eigenvalue weighted by Gasteiger charge is 2.36. The molecule has 140 valence electrons. The summed E-state index contributed by atoms with van der Waals surface area (Å²) >= 11 is 0. The molecule has 0 fully saturated rings. The highest BCUT2D eigenvalue weighted by atomic mass is 32.2. The molecule has 7 nitrogen and oxygen atoms in total. The highest BCUT2D eigenvalue weighted by Crippen LogP contribution is 2.39. The zero-order valence-electron chi connectivity index (χ0n) is 14.3. The third-order valence-electron chi connectivity index (χ3n) is 4.53. The van der Waals surface area contributed by atoms with Crippen molar-refractivity contribution in [2.75, 3.05) is 11.1 Å². The Morgan fingerprint density at radius 1 is 0.821 bits per heavy atom. The lowest BCUT2D eigenvalue weighted by Gasteiger charge is -2.23. The fraction of sp³-hybridized carbons (Fsp3) is 0. The number of nitrogens with one attached hydrogen (secondary N) is 1. The summed E-state index contributed by atoms with van der Waals surface area (Å²) in [5.74, 6) is -1.04. The van der Waals surface area contributed by atoms with Crippen LogP contribution in [0.3, 0.4) is 0 Å². The number of hydrogen-bond donors (Lipinski definition) is 3. The van der Waals surface area contributed by atoms with Gasteiger partial charge >= 0.3 is 0 Å². The van der Waals surface area contributed by atoms with Gasteiger partial charge in [0.1, 0.15) is 4.90 Å². The average Bonchev–Trinajstić information content (AvgIpc) is 2.67. The number of ketones is 2. The molecule has 0 aliphatic heterocycles. The number of nitrogen functional groups attached to an aromatic ring is 1. The quantitative estimate of drug-likeness (QED) is 0.360.